The third-order valence-corrected chi connectivity index (χ3v) is 10.1. The average molecular weight is 568 g/mol. The fourth-order valence-electron chi connectivity index (χ4n) is 5.91. The first-order valence-corrected chi connectivity index (χ1v) is 15.4. The van der Waals surface area contributed by atoms with Gasteiger partial charge in [-0.1, -0.05) is 12.1 Å². The van der Waals surface area contributed by atoms with E-state index >= 15 is 0 Å². The standard InChI is InChI=1S/C29H37N5O5S/c1-5-40(37,38)34-13-9-22(15-21(34)3)16-23-8-12-33-25(17-23)26(18-30-33)31-11-10-28(35)32(29(31)36)19-24-7-6-20(2)14-27(24)39-4/h6-8,12,14,17-18,21-22H,5,9-11,13,15-16,19H2,1-4H3/t21-,22+/m0/s1. The van der Waals surface area contributed by atoms with Gasteiger partial charge in [0.2, 0.25) is 15.9 Å². The number of imide groups is 1. The van der Waals surface area contributed by atoms with Gasteiger partial charge < -0.3 is 4.74 Å². The number of sulfonamides is 1. The van der Waals surface area contributed by atoms with E-state index in [2.05, 4.69) is 11.2 Å². The molecule has 3 aromatic rings. The van der Waals surface area contributed by atoms with Crippen molar-refractivity contribution >= 4 is 33.2 Å². The number of anilines is 1. The molecule has 11 heteroatoms. The van der Waals surface area contributed by atoms with Crippen molar-refractivity contribution in [1.29, 1.82) is 0 Å². The molecule has 2 aromatic heterocycles. The van der Waals surface area contributed by atoms with Gasteiger partial charge in [0.25, 0.3) is 0 Å². The highest BCUT2D eigenvalue weighted by Crippen LogP contribution is 2.31. The SMILES string of the molecule is CCS(=O)(=O)N1CC[C@@H](Cc2ccn3ncc(N4CCC(=O)N(Cc5ccc(C)cc5OC)C4=O)c3c2)C[C@@H]1C. The number of piperidine rings is 1. The van der Waals surface area contributed by atoms with Crippen molar-refractivity contribution in [2.45, 2.75) is 59.0 Å². The molecular weight excluding hydrogens is 530 g/mol. The maximum atomic E-state index is 13.6. The summed E-state index contributed by atoms with van der Waals surface area (Å²) in [5.41, 5.74) is 4.38. The summed E-state index contributed by atoms with van der Waals surface area (Å²) in [6.07, 6.45) is 6.22. The summed E-state index contributed by atoms with van der Waals surface area (Å²) in [5, 5.41) is 4.47. The van der Waals surface area contributed by atoms with Gasteiger partial charge in [0.05, 0.1) is 36.8 Å². The molecule has 0 unspecified atom stereocenters. The highest BCUT2D eigenvalue weighted by Gasteiger charge is 2.35. The molecular formula is C29H37N5O5S. The number of ether oxygens (including phenoxy) is 1. The first-order valence-electron chi connectivity index (χ1n) is 13.8. The lowest BCUT2D eigenvalue weighted by atomic mass is 9.88. The average Bonchev–Trinajstić information content (AvgIpc) is 3.34. The summed E-state index contributed by atoms with van der Waals surface area (Å²) < 4.78 is 33.7. The summed E-state index contributed by atoms with van der Waals surface area (Å²) in [7, 11) is -1.62. The van der Waals surface area contributed by atoms with Crippen molar-refractivity contribution in [1.82, 2.24) is 18.8 Å². The third kappa shape index (κ3) is 5.44. The van der Waals surface area contributed by atoms with Crippen LogP contribution in [0.3, 0.4) is 0 Å². The smallest absolute Gasteiger partial charge is 0.331 e. The van der Waals surface area contributed by atoms with Crippen LogP contribution in [-0.4, -0.2) is 71.2 Å². The summed E-state index contributed by atoms with van der Waals surface area (Å²) >= 11 is 0. The van der Waals surface area contributed by atoms with Crippen molar-refractivity contribution in [3.63, 3.8) is 0 Å². The van der Waals surface area contributed by atoms with Crippen LogP contribution in [-0.2, 0) is 27.8 Å². The number of carbonyl (C=O) groups is 2. The first kappa shape index (κ1) is 28.1. The Hall–Kier alpha value is -3.44. The van der Waals surface area contributed by atoms with Crippen LogP contribution in [0, 0.1) is 12.8 Å². The Morgan fingerprint density at radius 2 is 1.93 bits per heavy atom. The quantitative estimate of drug-likeness (QED) is 0.408. The fraction of sp³-hybridized carbons (Fsp3) is 0.483. The van der Waals surface area contributed by atoms with Crippen molar-refractivity contribution in [2.75, 3.05) is 30.9 Å². The lowest BCUT2D eigenvalue weighted by Crippen LogP contribution is -2.52. The van der Waals surface area contributed by atoms with Crippen molar-refractivity contribution in [3.8, 4) is 5.75 Å². The summed E-state index contributed by atoms with van der Waals surface area (Å²) in [5.74, 6) is 0.915. The first-order chi connectivity index (χ1) is 19.1. The van der Waals surface area contributed by atoms with E-state index in [1.807, 2.05) is 44.3 Å². The molecule has 0 aliphatic carbocycles. The van der Waals surface area contributed by atoms with Gasteiger partial charge in [0.1, 0.15) is 5.75 Å². The number of methoxy groups -OCH3 is 1. The van der Waals surface area contributed by atoms with E-state index in [0.29, 0.717) is 23.9 Å². The minimum atomic E-state index is -3.20. The van der Waals surface area contributed by atoms with Gasteiger partial charge in [-0.15, -0.1) is 0 Å². The molecule has 2 aliphatic rings. The molecule has 10 nitrogen and oxygen atoms in total. The Morgan fingerprint density at radius 1 is 1.12 bits per heavy atom. The number of amides is 3. The number of hydrogen-bond acceptors (Lipinski definition) is 6. The highest BCUT2D eigenvalue weighted by molar-refractivity contribution is 7.89. The number of nitrogens with zero attached hydrogens (tertiary/aromatic N) is 5. The minimum Gasteiger partial charge on any atom is -0.496 e. The number of aryl methyl sites for hydroxylation is 1. The number of rotatable bonds is 8. The molecule has 3 amide bonds. The van der Waals surface area contributed by atoms with E-state index in [1.165, 1.54) is 4.90 Å². The number of carbonyl (C=O) groups excluding carboxylic acids is 2. The Balaban J connectivity index is 1.35. The molecule has 2 fully saturated rings. The second-order valence-corrected chi connectivity index (χ2v) is 13.0. The molecule has 0 saturated carbocycles. The Kier molecular flexibility index (Phi) is 7.87. The summed E-state index contributed by atoms with van der Waals surface area (Å²) in [4.78, 5) is 29.4. The Bertz CT molecular complexity index is 1530. The Labute approximate surface area is 235 Å². The van der Waals surface area contributed by atoms with Crippen LogP contribution in [0.4, 0.5) is 10.5 Å². The van der Waals surface area contributed by atoms with Crippen molar-refractivity contribution < 1.29 is 22.7 Å². The zero-order valence-corrected chi connectivity index (χ0v) is 24.4. The van der Waals surface area contributed by atoms with E-state index in [0.717, 1.165) is 41.5 Å². The molecule has 214 valence electrons. The molecule has 2 saturated heterocycles. The van der Waals surface area contributed by atoms with Crippen LogP contribution in [0.2, 0.25) is 0 Å². The molecule has 0 spiro atoms. The van der Waals surface area contributed by atoms with E-state index in [4.69, 9.17) is 4.74 Å². The lowest BCUT2D eigenvalue weighted by Gasteiger charge is -2.36. The van der Waals surface area contributed by atoms with E-state index in [-0.39, 0.29) is 43.2 Å². The van der Waals surface area contributed by atoms with Gasteiger partial charge in [-0.25, -0.2) is 17.7 Å². The van der Waals surface area contributed by atoms with E-state index < -0.39 is 10.0 Å². The summed E-state index contributed by atoms with van der Waals surface area (Å²) in [6, 6.07) is 9.40. The number of pyridine rings is 1. The predicted molar refractivity (Wildman–Crippen MR) is 153 cm³/mol. The largest absolute Gasteiger partial charge is 0.496 e. The molecule has 0 N–H and O–H groups in total. The van der Waals surface area contributed by atoms with Gasteiger partial charge >= 0.3 is 6.03 Å². The van der Waals surface area contributed by atoms with E-state index in [1.54, 1.807) is 34.0 Å². The van der Waals surface area contributed by atoms with Crippen molar-refractivity contribution in [3.05, 3.63) is 59.4 Å². The monoisotopic (exact) mass is 567 g/mol. The second-order valence-electron chi connectivity index (χ2n) is 10.8. The zero-order chi connectivity index (χ0) is 28.6. The maximum absolute atomic E-state index is 13.6. The number of aromatic nitrogens is 2. The molecule has 40 heavy (non-hydrogen) atoms. The second kappa shape index (κ2) is 11.2. The van der Waals surface area contributed by atoms with Crippen LogP contribution in [0.5, 0.6) is 5.75 Å². The molecule has 2 atom stereocenters. The topological polar surface area (TPSA) is 105 Å². The maximum Gasteiger partial charge on any atom is 0.331 e. The van der Waals surface area contributed by atoms with Gasteiger partial charge in [0.15, 0.2) is 0 Å². The molecule has 0 bridgehead atoms. The fourth-order valence-corrected chi connectivity index (χ4v) is 7.26. The van der Waals surface area contributed by atoms with Gasteiger partial charge in [-0.2, -0.15) is 9.40 Å². The molecule has 2 aliphatic heterocycles. The van der Waals surface area contributed by atoms with Crippen LogP contribution in [0.1, 0.15) is 49.8 Å². The van der Waals surface area contributed by atoms with Gasteiger partial charge in [0, 0.05) is 37.3 Å². The molecule has 4 heterocycles. The normalized spacial score (nSPS) is 20.9. The van der Waals surface area contributed by atoms with Crippen LogP contribution in [0.15, 0.2) is 42.7 Å². The number of hydrogen-bond donors (Lipinski definition) is 0. The molecule has 0 radical (unpaired) electrons. The predicted octanol–water partition coefficient (Wildman–Crippen LogP) is 4.00. The summed E-state index contributed by atoms with van der Waals surface area (Å²) in [6.45, 7) is 6.59. The lowest BCUT2D eigenvalue weighted by molar-refractivity contribution is -0.129. The molecule has 5 rings (SSSR count). The number of fused-ring (bicyclic) bond motifs is 1. The highest BCUT2D eigenvalue weighted by atomic mass is 32.2. The minimum absolute atomic E-state index is 0.0281. The number of urea groups is 1. The van der Waals surface area contributed by atoms with Gasteiger partial charge in [-0.3, -0.25) is 14.6 Å². The van der Waals surface area contributed by atoms with Crippen LogP contribution < -0.4 is 9.64 Å². The zero-order valence-electron chi connectivity index (χ0n) is 23.5. The van der Waals surface area contributed by atoms with Crippen molar-refractivity contribution in [2.24, 2.45) is 5.92 Å². The van der Waals surface area contributed by atoms with Gasteiger partial charge in [-0.05, 0) is 75.3 Å². The van der Waals surface area contributed by atoms with Crippen LogP contribution in [0.25, 0.3) is 5.52 Å². The van der Waals surface area contributed by atoms with E-state index in [9.17, 15) is 18.0 Å². The van der Waals surface area contributed by atoms with Crippen LogP contribution >= 0.6 is 0 Å². The molecule has 1 aromatic carbocycles. The third-order valence-electron chi connectivity index (χ3n) is 8.11. The Morgan fingerprint density at radius 3 is 2.65 bits per heavy atom. The number of benzene rings is 1.